The number of nitrogens with two attached hydrogens (primary N) is 1. The Labute approximate surface area is 165 Å². The summed E-state index contributed by atoms with van der Waals surface area (Å²) < 4.78 is 0. The lowest BCUT2D eigenvalue weighted by molar-refractivity contribution is 0.0962. The fourth-order valence-corrected chi connectivity index (χ4v) is 2.66. The highest BCUT2D eigenvalue weighted by Gasteiger charge is 2.12. The third-order valence-electron chi connectivity index (χ3n) is 3.75. The van der Waals surface area contributed by atoms with Gasteiger partial charge in [-0.25, -0.2) is 9.97 Å². The molecule has 3 rings (SSSR count). The zero-order chi connectivity index (χ0) is 19.4. The number of halogens is 2. The number of hydrogen-bond donors (Lipinski definition) is 4. The average molecular weight is 403 g/mol. The minimum atomic E-state index is -0.307. The molecule has 27 heavy (non-hydrogen) atoms. The minimum Gasteiger partial charge on any atom is -0.393 e. The number of anilines is 4. The first-order valence-corrected chi connectivity index (χ1v) is 8.66. The highest BCUT2D eigenvalue weighted by molar-refractivity contribution is 6.35. The number of aromatic nitrogens is 2. The van der Waals surface area contributed by atoms with Crippen LogP contribution in [0.5, 0.6) is 0 Å². The predicted octanol–water partition coefficient (Wildman–Crippen LogP) is 4.17. The molecule has 0 unspecified atom stereocenters. The number of nitrogens with zero attached hydrogens (tertiary/aromatic N) is 2. The Bertz CT molecular complexity index is 995. The van der Waals surface area contributed by atoms with E-state index in [9.17, 15) is 4.79 Å². The maximum absolute atomic E-state index is 12.3. The van der Waals surface area contributed by atoms with Gasteiger partial charge in [-0.2, -0.15) is 0 Å². The van der Waals surface area contributed by atoms with E-state index < -0.39 is 0 Å². The van der Waals surface area contributed by atoms with Crippen molar-refractivity contribution in [3.8, 4) is 0 Å². The van der Waals surface area contributed by atoms with Crippen molar-refractivity contribution in [1.82, 2.24) is 15.4 Å². The normalized spacial score (nSPS) is 10.3. The SMILES string of the molecule is Cc1ccccc1C(=O)NNc1ncnc(Nc2cc(Cl)ccc2Cl)c1N. The van der Waals surface area contributed by atoms with Gasteiger partial charge in [0.05, 0.1) is 10.7 Å². The van der Waals surface area contributed by atoms with E-state index in [-0.39, 0.29) is 17.4 Å². The van der Waals surface area contributed by atoms with Crippen molar-refractivity contribution >= 4 is 52.1 Å². The van der Waals surface area contributed by atoms with Gasteiger partial charge in [0, 0.05) is 10.6 Å². The molecule has 2 aromatic carbocycles. The van der Waals surface area contributed by atoms with E-state index >= 15 is 0 Å². The van der Waals surface area contributed by atoms with Crippen LogP contribution in [0.3, 0.4) is 0 Å². The van der Waals surface area contributed by atoms with Crippen molar-refractivity contribution in [2.24, 2.45) is 0 Å². The Morgan fingerprint density at radius 3 is 2.59 bits per heavy atom. The molecular formula is C18H16Cl2N6O. The van der Waals surface area contributed by atoms with E-state index in [1.807, 2.05) is 19.1 Å². The second-order valence-electron chi connectivity index (χ2n) is 5.63. The first-order valence-electron chi connectivity index (χ1n) is 7.90. The van der Waals surface area contributed by atoms with Crippen LogP contribution >= 0.6 is 23.2 Å². The topological polar surface area (TPSA) is 105 Å². The van der Waals surface area contributed by atoms with Crippen LogP contribution in [0.15, 0.2) is 48.8 Å². The molecule has 5 N–H and O–H groups in total. The molecule has 138 valence electrons. The first kappa shape index (κ1) is 18.8. The van der Waals surface area contributed by atoms with Crippen molar-refractivity contribution in [1.29, 1.82) is 0 Å². The number of hydrazine groups is 1. The van der Waals surface area contributed by atoms with Gasteiger partial charge in [0.1, 0.15) is 12.0 Å². The van der Waals surface area contributed by atoms with Gasteiger partial charge < -0.3 is 11.1 Å². The van der Waals surface area contributed by atoms with E-state index in [2.05, 4.69) is 26.1 Å². The molecular weight excluding hydrogens is 387 g/mol. The largest absolute Gasteiger partial charge is 0.393 e. The molecule has 0 saturated carbocycles. The number of carbonyl (C=O) groups is 1. The van der Waals surface area contributed by atoms with Gasteiger partial charge in [-0.05, 0) is 36.8 Å². The van der Waals surface area contributed by atoms with Gasteiger partial charge in [-0.3, -0.25) is 15.6 Å². The van der Waals surface area contributed by atoms with Crippen LogP contribution in [0, 0.1) is 6.92 Å². The molecule has 0 bridgehead atoms. The Morgan fingerprint density at radius 1 is 1.07 bits per heavy atom. The average Bonchev–Trinajstić information content (AvgIpc) is 2.65. The summed E-state index contributed by atoms with van der Waals surface area (Å²) in [4.78, 5) is 20.5. The van der Waals surface area contributed by atoms with Crippen LogP contribution in [0.4, 0.5) is 23.0 Å². The highest BCUT2D eigenvalue weighted by atomic mass is 35.5. The summed E-state index contributed by atoms with van der Waals surface area (Å²) in [5, 5.41) is 3.98. The van der Waals surface area contributed by atoms with Gasteiger partial charge in [-0.1, -0.05) is 41.4 Å². The van der Waals surface area contributed by atoms with Crippen LogP contribution in [-0.4, -0.2) is 15.9 Å². The quantitative estimate of drug-likeness (QED) is 0.477. The molecule has 0 atom stereocenters. The van der Waals surface area contributed by atoms with Crippen molar-refractivity contribution in [3.63, 3.8) is 0 Å². The summed E-state index contributed by atoms with van der Waals surface area (Å²) in [6, 6.07) is 12.2. The summed E-state index contributed by atoms with van der Waals surface area (Å²) in [6.07, 6.45) is 1.30. The summed E-state index contributed by atoms with van der Waals surface area (Å²) in [5.41, 5.74) is 13.5. The van der Waals surface area contributed by atoms with Gasteiger partial charge >= 0.3 is 0 Å². The van der Waals surface area contributed by atoms with Crippen molar-refractivity contribution in [3.05, 3.63) is 70.0 Å². The third kappa shape index (κ3) is 4.39. The number of rotatable bonds is 5. The summed E-state index contributed by atoms with van der Waals surface area (Å²) in [7, 11) is 0. The van der Waals surface area contributed by atoms with E-state index in [4.69, 9.17) is 28.9 Å². The molecule has 0 aliphatic heterocycles. The fraction of sp³-hybridized carbons (Fsp3) is 0.0556. The van der Waals surface area contributed by atoms with Crippen molar-refractivity contribution < 1.29 is 4.79 Å². The van der Waals surface area contributed by atoms with Crippen molar-refractivity contribution in [2.45, 2.75) is 6.92 Å². The predicted molar refractivity (Wildman–Crippen MR) is 108 cm³/mol. The smallest absolute Gasteiger partial charge is 0.269 e. The lowest BCUT2D eigenvalue weighted by Gasteiger charge is -2.14. The molecule has 0 aliphatic carbocycles. The van der Waals surface area contributed by atoms with Gasteiger partial charge in [-0.15, -0.1) is 0 Å². The Hall–Kier alpha value is -3.03. The second kappa shape index (κ2) is 8.11. The Morgan fingerprint density at radius 2 is 1.81 bits per heavy atom. The number of carbonyl (C=O) groups excluding carboxylic acids is 1. The molecule has 1 heterocycles. The second-order valence-corrected chi connectivity index (χ2v) is 6.47. The molecule has 7 nitrogen and oxygen atoms in total. The minimum absolute atomic E-state index is 0.207. The monoisotopic (exact) mass is 402 g/mol. The molecule has 0 radical (unpaired) electrons. The number of nitrogen functional groups attached to an aromatic ring is 1. The van der Waals surface area contributed by atoms with Crippen LogP contribution in [-0.2, 0) is 0 Å². The molecule has 1 amide bonds. The van der Waals surface area contributed by atoms with Gasteiger partial charge in [0.15, 0.2) is 11.6 Å². The van der Waals surface area contributed by atoms with Crippen molar-refractivity contribution in [2.75, 3.05) is 16.5 Å². The van der Waals surface area contributed by atoms with E-state index in [0.29, 0.717) is 27.1 Å². The summed E-state index contributed by atoms with van der Waals surface area (Å²) >= 11 is 12.1. The Kier molecular flexibility index (Phi) is 5.63. The lowest BCUT2D eigenvalue weighted by atomic mass is 10.1. The Balaban J connectivity index is 1.76. The van der Waals surface area contributed by atoms with E-state index in [1.165, 1.54) is 6.33 Å². The number of benzene rings is 2. The maximum atomic E-state index is 12.3. The zero-order valence-electron chi connectivity index (χ0n) is 14.3. The number of nitrogens with one attached hydrogen (secondary N) is 3. The summed E-state index contributed by atoms with van der Waals surface area (Å²) in [5.74, 6) is 0.257. The van der Waals surface area contributed by atoms with Gasteiger partial charge in [0.25, 0.3) is 5.91 Å². The highest BCUT2D eigenvalue weighted by Crippen LogP contribution is 2.31. The molecule has 0 fully saturated rings. The van der Waals surface area contributed by atoms with Crippen LogP contribution < -0.4 is 21.9 Å². The lowest BCUT2D eigenvalue weighted by Crippen LogP contribution is -2.30. The van der Waals surface area contributed by atoms with Crippen LogP contribution in [0.25, 0.3) is 0 Å². The molecule has 3 aromatic rings. The number of hydrogen-bond acceptors (Lipinski definition) is 6. The molecule has 0 spiro atoms. The molecule has 1 aromatic heterocycles. The first-order chi connectivity index (χ1) is 13.0. The molecule has 0 aliphatic rings. The molecule has 0 saturated heterocycles. The zero-order valence-corrected chi connectivity index (χ0v) is 15.8. The third-order valence-corrected chi connectivity index (χ3v) is 4.31. The van der Waals surface area contributed by atoms with E-state index in [0.717, 1.165) is 5.56 Å². The number of aryl methyl sites for hydroxylation is 1. The standard InChI is InChI=1S/C18H16Cl2N6O/c1-10-4-2-3-5-12(10)18(27)26-25-17-15(21)16(22-9-23-17)24-14-8-11(19)6-7-13(14)20/h2-9H,21H2,1H3,(H,26,27)(H2,22,23,24,25). The molecule has 9 heteroatoms. The maximum Gasteiger partial charge on any atom is 0.269 e. The number of amides is 1. The van der Waals surface area contributed by atoms with Gasteiger partial charge in [0.2, 0.25) is 0 Å². The van der Waals surface area contributed by atoms with Crippen LogP contribution in [0.2, 0.25) is 10.0 Å². The summed E-state index contributed by atoms with van der Waals surface area (Å²) in [6.45, 7) is 1.85. The fourth-order valence-electron chi connectivity index (χ4n) is 2.33. The van der Waals surface area contributed by atoms with E-state index in [1.54, 1.807) is 30.3 Å². The van der Waals surface area contributed by atoms with Crippen LogP contribution in [0.1, 0.15) is 15.9 Å².